The van der Waals surface area contributed by atoms with Gasteiger partial charge >= 0.3 is 0 Å². The van der Waals surface area contributed by atoms with Gasteiger partial charge in [0.15, 0.2) is 12.4 Å². The molecule has 5 atom stereocenters. The highest BCUT2D eigenvalue weighted by molar-refractivity contribution is 7.86. The highest BCUT2D eigenvalue weighted by Gasteiger charge is 2.47. The Morgan fingerprint density at radius 2 is 1.78 bits per heavy atom. The van der Waals surface area contributed by atoms with Crippen LogP contribution in [0.15, 0.2) is 29.2 Å². The molecule has 1 fully saturated rings. The minimum atomic E-state index is -4.19. The molecule has 0 aliphatic carbocycles. The van der Waals surface area contributed by atoms with E-state index in [2.05, 4.69) is 0 Å². The van der Waals surface area contributed by atoms with E-state index in [-0.39, 0.29) is 4.90 Å². The minimum Gasteiger partial charge on any atom is -0.394 e. The van der Waals surface area contributed by atoms with Crippen LogP contribution >= 0.6 is 0 Å². The molecule has 0 saturated carbocycles. The van der Waals surface area contributed by atoms with Gasteiger partial charge in [-0.1, -0.05) is 17.7 Å². The van der Waals surface area contributed by atoms with E-state index in [0.29, 0.717) is 0 Å². The van der Waals surface area contributed by atoms with E-state index in [1.807, 2.05) is 6.92 Å². The first-order valence-electron chi connectivity index (χ1n) is 6.95. The number of rotatable bonds is 5. The molecule has 9 heteroatoms. The Bertz CT molecular complexity index is 612. The lowest BCUT2D eigenvalue weighted by Crippen LogP contribution is -2.60. The van der Waals surface area contributed by atoms with Crippen LogP contribution in [0.1, 0.15) is 5.56 Å². The van der Waals surface area contributed by atoms with Crippen LogP contribution in [0.2, 0.25) is 0 Å². The molecule has 0 spiro atoms. The van der Waals surface area contributed by atoms with Crippen molar-refractivity contribution in [2.45, 2.75) is 42.5 Å². The van der Waals surface area contributed by atoms with Crippen molar-refractivity contribution in [1.29, 1.82) is 0 Å². The van der Waals surface area contributed by atoms with Gasteiger partial charge in [-0.3, -0.25) is 4.18 Å². The summed E-state index contributed by atoms with van der Waals surface area (Å²) >= 11 is 0. The van der Waals surface area contributed by atoms with Crippen molar-refractivity contribution in [3.8, 4) is 0 Å². The fourth-order valence-electron chi connectivity index (χ4n) is 2.26. The van der Waals surface area contributed by atoms with Crippen LogP contribution in [0.25, 0.3) is 0 Å². The summed E-state index contributed by atoms with van der Waals surface area (Å²) in [7, 11) is -2.96. The standard InChI is InChI=1S/C14H20O8S/c1-8-3-5-9(6-4-8)23(18,19)22-13-12(17)11(16)10(7-15)21-14(13)20-2/h3-6,10-17H,7H2,1-2H3/t10-,11-,12+,13-,14+/m1/s1. The maximum absolute atomic E-state index is 12.3. The van der Waals surface area contributed by atoms with Crippen LogP contribution in [0.3, 0.4) is 0 Å². The Balaban J connectivity index is 2.24. The average molecular weight is 348 g/mol. The molecule has 8 nitrogen and oxygen atoms in total. The number of benzene rings is 1. The average Bonchev–Trinajstić information content (AvgIpc) is 2.52. The van der Waals surface area contributed by atoms with E-state index in [1.165, 1.54) is 19.2 Å². The van der Waals surface area contributed by atoms with Gasteiger partial charge in [-0.15, -0.1) is 0 Å². The largest absolute Gasteiger partial charge is 0.394 e. The summed E-state index contributed by atoms with van der Waals surface area (Å²) in [6, 6.07) is 5.95. The fraction of sp³-hybridized carbons (Fsp3) is 0.571. The molecular formula is C14H20O8S. The second kappa shape index (κ2) is 7.22. The van der Waals surface area contributed by atoms with Gasteiger partial charge < -0.3 is 24.8 Å². The topological polar surface area (TPSA) is 123 Å². The fourth-order valence-corrected chi connectivity index (χ4v) is 3.33. The van der Waals surface area contributed by atoms with E-state index in [0.717, 1.165) is 5.56 Å². The van der Waals surface area contributed by atoms with E-state index < -0.39 is 47.4 Å². The zero-order valence-electron chi connectivity index (χ0n) is 12.7. The lowest BCUT2D eigenvalue weighted by Gasteiger charge is -2.40. The highest BCUT2D eigenvalue weighted by atomic mass is 32.2. The molecule has 0 aromatic heterocycles. The summed E-state index contributed by atoms with van der Waals surface area (Å²) < 4.78 is 39.8. The Hall–Kier alpha value is -1.07. The van der Waals surface area contributed by atoms with Crippen LogP contribution in [0.5, 0.6) is 0 Å². The van der Waals surface area contributed by atoms with Crippen molar-refractivity contribution in [1.82, 2.24) is 0 Å². The molecule has 1 aromatic carbocycles. The Morgan fingerprint density at radius 3 is 2.30 bits per heavy atom. The van der Waals surface area contributed by atoms with Gasteiger partial charge in [0.2, 0.25) is 0 Å². The van der Waals surface area contributed by atoms with Gasteiger partial charge in [0, 0.05) is 7.11 Å². The number of aryl methyl sites for hydroxylation is 1. The third kappa shape index (κ3) is 3.89. The summed E-state index contributed by atoms with van der Waals surface area (Å²) in [6.45, 7) is 1.25. The van der Waals surface area contributed by atoms with Crippen molar-refractivity contribution >= 4 is 10.1 Å². The molecule has 130 valence electrons. The lowest BCUT2D eigenvalue weighted by molar-refractivity contribution is -0.288. The zero-order chi connectivity index (χ0) is 17.2. The molecule has 0 radical (unpaired) electrons. The summed E-state index contributed by atoms with van der Waals surface area (Å²) in [5.41, 5.74) is 0.876. The van der Waals surface area contributed by atoms with Crippen molar-refractivity contribution in [3.05, 3.63) is 29.8 Å². The minimum absolute atomic E-state index is 0.0936. The summed E-state index contributed by atoms with van der Waals surface area (Å²) in [5.74, 6) is 0. The van der Waals surface area contributed by atoms with Crippen LogP contribution in [0, 0.1) is 6.92 Å². The van der Waals surface area contributed by atoms with Gasteiger partial charge in [0.05, 0.1) is 11.5 Å². The van der Waals surface area contributed by atoms with E-state index in [4.69, 9.17) is 18.8 Å². The molecular weight excluding hydrogens is 328 g/mol. The van der Waals surface area contributed by atoms with Gasteiger partial charge in [-0.25, -0.2) is 0 Å². The molecule has 3 N–H and O–H groups in total. The zero-order valence-corrected chi connectivity index (χ0v) is 13.5. The number of aliphatic hydroxyl groups is 3. The van der Waals surface area contributed by atoms with Crippen LogP contribution in [-0.2, 0) is 23.8 Å². The summed E-state index contributed by atoms with van der Waals surface area (Å²) in [6.07, 6.45) is -6.94. The van der Waals surface area contributed by atoms with Gasteiger partial charge in [0.1, 0.15) is 18.3 Å². The Labute approximate surface area is 134 Å². The van der Waals surface area contributed by atoms with Gasteiger partial charge in [-0.2, -0.15) is 8.42 Å². The predicted octanol–water partition coefficient (Wildman–Crippen LogP) is -0.846. The smallest absolute Gasteiger partial charge is 0.297 e. The normalized spacial score (nSPS) is 32.0. The third-order valence-electron chi connectivity index (χ3n) is 3.60. The van der Waals surface area contributed by atoms with Crippen molar-refractivity contribution in [2.75, 3.05) is 13.7 Å². The quantitative estimate of drug-likeness (QED) is 0.589. The van der Waals surface area contributed by atoms with Gasteiger partial charge in [0.25, 0.3) is 10.1 Å². The van der Waals surface area contributed by atoms with E-state index >= 15 is 0 Å². The molecule has 1 saturated heterocycles. The molecule has 1 aliphatic heterocycles. The monoisotopic (exact) mass is 348 g/mol. The highest BCUT2D eigenvalue weighted by Crippen LogP contribution is 2.27. The Morgan fingerprint density at radius 1 is 1.17 bits per heavy atom. The first kappa shape index (κ1) is 18.3. The van der Waals surface area contributed by atoms with E-state index in [1.54, 1.807) is 12.1 Å². The molecule has 1 aliphatic rings. The van der Waals surface area contributed by atoms with Gasteiger partial charge in [-0.05, 0) is 19.1 Å². The number of aliphatic hydroxyl groups excluding tert-OH is 3. The summed E-state index contributed by atoms with van der Waals surface area (Å²) in [5, 5.41) is 29.0. The maximum atomic E-state index is 12.3. The number of methoxy groups -OCH3 is 1. The maximum Gasteiger partial charge on any atom is 0.297 e. The molecule has 0 bridgehead atoms. The second-order valence-electron chi connectivity index (χ2n) is 5.27. The third-order valence-corrected chi connectivity index (χ3v) is 4.93. The first-order chi connectivity index (χ1) is 10.8. The summed E-state index contributed by atoms with van der Waals surface area (Å²) in [4.78, 5) is -0.0936. The first-order valence-corrected chi connectivity index (χ1v) is 8.36. The molecule has 0 unspecified atom stereocenters. The SMILES string of the molecule is CO[C@H]1O[C@H](CO)[C@@H](O)[C@H](O)[C@H]1OS(=O)(=O)c1ccc(C)cc1. The van der Waals surface area contributed by atoms with Crippen molar-refractivity contribution in [3.63, 3.8) is 0 Å². The number of hydrogen-bond donors (Lipinski definition) is 3. The van der Waals surface area contributed by atoms with Crippen molar-refractivity contribution in [2.24, 2.45) is 0 Å². The Kier molecular flexibility index (Phi) is 5.74. The molecule has 2 rings (SSSR count). The van der Waals surface area contributed by atoms with Crippen molar-refractivity contribution < 1.29 is 37.4 Å². The number of ether oxygens (including phenoxy) is 2. The van der Waals surface area contributed by atoms with E-state index in [9.17, 15) is 18.6 Å². The second-order valence-corrected chi connectivity index (χ2v) is 6.84. The molecule has 0 amide bonds. The molecule has 23 heavy (non-hydrogen) atoms. The van der Waals surface area contributed by atoms with Crippen LogP contribution < -0.4 is 0 Å². The molecule has 1 aromatic rings. The lowest BCUT2D eigenvalue weighted by atomic mass is 9.99. The number of hydrogen-bond acceptors (Lipinski definition) is 8. The predicted molar refractivity (Wildman–Crippen MR) is 78.0 cm³/mol. The van der Waals surface area contributed by atoms with Crippen LogP contribution in [-0.4, -0.2) is 68.2 Å². The molecule has 1 heterocycles. The van der Waals surface area contributed by atoms with Crippen LogP contribution in [0.4, 0.5) is 0 Å².